The van der Waals surface area contributed by atoms with Crippen molar-refractivity contribution >= 4 is 67.0 Å². The topological polar surface area (TPSA) is 57.7 Å². The molecular formula is C68H43N2O3PS. The van der Waals surface area contributed by atoms with Crippen LogP contribution < -0.4 is 25.7 Å². The van der Waals surface area contributed by atoms with Crippen molar-refractivity contribution in [1.82, 2.24) is 0 Å². The number of rotatable bonds is 3. The van der Waals surface area contributed by atoms with E-state index in [-0.39, 0.29) is 9.79 Å². The van der Waals surface area contributed by atoms with Crippen LogP contribution in [-0.2, 0) is 25.2 Å². The molecule has 354 valence electrons. The Morgan fingerprint density at radius 2 is 0.587 bits per heavy atom. The van der Waals surface area contributed by atoms with Gasteiger partial charge in [-0.05, 0) is 127 Å². The Labute approximate surface area is 435 Å². The van der Waals surface area contributed by atoms with Gasteiger partial charge in [0.25, 0.3) is 0 Å². The van der Waals surface area contributed by atoms with Crippen LogP contribution in [0, 0.1) is 0 Å². The summed E-state index contributed by atoms with van der Waals surface area (Å²) in [6.07, 6.45) is 0. The van der Waals surface area contributed by atoms with Crippen LogP contribution in [0.4, 0.5) is 34.1 Å². The lowest BCUT2D eigenvalue weighted by atomic mass is 9.64. The van der Waals surface area contributed by atoms with Gasteiger partial charge in [0.15, 0.2) is 7.14 Å². The molecule has 0 radical (unpaired) electrons. The molecular weight excluding hydrogens is 956 g/mol. The van der Waals surface area contributed by atoms with Crippen LogP contribution in [0.15, 0.2) is 271 Å². The molecule has 5 nitrogen and oxygen atoms in total. The third kappa shape index (κ3) is 5.23. The van der Waals surface area contributed by atoms with Crippen molar-refractivity contribution in [3.63, 3.8) is 0 Å². The van der Waals surface area contributed by atoms with E-state index in [1.54, 1.807) is 12.1 Å². The maximum Gasteiger partial charge on any atom is 0.208 e. The molecule has 11 aromatic rings. The van der Waals surface area contributed by atoms with Gasteiger partial charge < -0.3 is 14.4 Å². The molecule has 0 saturated heterocycles. The van der Waals surface area contributed by atoms with E-state index in [2.05, 4.69) is 204 Å². The third-order valence-electron chi connectivity index (χ3n) is 16.9. The van der Waals surface area contributed by atoms with Crippen molar-refractivity contribution in [2.75, 3.05) is 9.80 Å². The Kier molecular flexibility index (Phi) is 8.62. The molecule has 11 aromatic carbocycles. The quantitative estimate of drug-likeness (QED) is 0.165. The molecule has 2 spiro atoms. The number of benzene rings is 11. The molecule has 0 N–H and O–H groups in total. The highest BCUT2D eigenvalue weighted by Crippen LogP contribution is 2.66. The first-order valence-corrected chi connectivity index (χ1v) is 28.6. The maximum atomic E-state index is 16.7. The summed E-state index contributed by atoms with van der Waals surface area (Å²) in [7, 11) is -8.16. The lowest BCUT2D eigenvalue weighted by Crippen LogP contribution is -2.38. The minimum Gasteiger partial charge on any atom is -0.310 e. The van der Waals surface area contributed by atoms with Gasteiger partial charge in [-0.15, -0.1) is 0 Å². The molecule has 7 heteroatoms. The normalized spacial score (nSPS) is 16.3. The van der Waals surface area contributed by atoms with Crippen LogP contribution >= 0.6 is 7.14 Å². The number of hydrogen-bond acceptors (Lipinski definition) is 5. The second-order valence-corrected chi connectivity index (χ2v) is 24.8. The summed E-state index contributed by atoms with van der Waals surface area (Å²) in [5.74, 6) is 0. The standard InChI is InChI=1S/C68H43N2O3PS/c71-74(46-20-2-1-3-21-46)63-40-38-44(69-59-34-16-12-30-55(59)67(56-31-13-17-35-60(56)69)51-26-8-4-22-47(51)48-23-5-9-27-52(48)67)42-65(63)75(72,73)66-43-45(39-41-64(66)74)70-61-36-18-14-32-57(61)68(58-33-15-19-37-62(58)70)53-28-10-6-24-49(53)50-25-7-11-29-54(50)68/h1-43H. The zero-order valence-corrected chi connectivity index (χ0v) is 42.0. The number of anilines is 6. The van der Waals surface area contributed by atoms with Crippen LogP contribution in [0.25, 0.3) is 22.3 Å². The molecule has 0 aromatic heterocycles. The van der Waals surface area contributed by atoms with Crippen LogP contribution in [0.2, 0.25) is 0 Å². The molecule has 0 saturated carbocycles. The highest BCUT2D eigenvalue weighted by Gasteiger charge is 2.54. The Balaban J connectivity index is 0.909. The SMILES string of the molecule is O=P1(c2ccccc2)c2ccc(N3c4ccccc4C4(c5ccccc5-c5ccccc54)c4ccccc43)cc2S(=O)(=O)c2cc(N3c4ccccc4C4(c5ccccc5-c5ccccc54)c4ccccc43)ccc21. The largest absolute Gasteiger partial charge is 0.310 e. The van der Waals surface area contributed by atoms with Gasteiger partial charge in [0, 0.05) is 27.3 Å². The summed E-state index contributed by atoms with van der Waals surface area (Å²) in [4.78, 5) is 4.49. The minimum absolute atomic E-state index is 0.0428. The molecule has 0 unspecified atom stereocenters. The summed E-state index contributed by atoms with van der Waals surface area (Å²) in [5.41, 5.74) is 17.8. The number of para-hydroxylation sites is 4. The van der Waals surface area contributed by atoms with E-state index in [4.69, 9.17) is 0 Å². The first kappa shape index (κ1) is 42.7. The second-order valence-electron chi connectivity index (χ2n) is 20.2. The predicted molar refractivity (Wildman–Crippen MR) is 302 cm³/mol. The number of sulfone groups is 1. The van der Waals surface area contributed by atoms with Gasteiger partial charge in [-0.3, -0.25) is 0 Å². The van der Waals surface area contributed by atoms with E-state index < -0.39 is 27.8 Å². The molecule has 0 atom stereocenters. The minimum atomic E-state index is -4.34. The van der Waals surface area contributed by atoms with Gasteiger partial charge in [0.2, 0.25) is 9.84 Å². The Hall–Kier alpha value is -8.80. The first-order chi connectivity index (χ1) is 36.9. The first-order valence-electron chi connectivity index (χ1n) is 25.4. The summed E-state index contributed by atoms with van der Waals surface area (Å²) in [6.45, 7) is 0. The van der Waals surface area contributed by atoms with Gasteiger partial charge in [-0.25, -0.2) is 8.42 Å². The van der Waals surface area contributed by atoms with Gasteiger partial charge >= 0.3 is 0 Å². The molecule has 0 bridgehead atoms. The fraction of sp³-hybridized carbons (Fsp3) is 0.0294. The Bertz CT molecular complexity index is 4020. The Morgan fingerprint density at radius 1 is 0.307 bits per heavy atom. The predicted octanol–water partition coefficient (Wildman–Crippen LogP) is 14.8. The average Bonchev–Trinajstić information content (AvgIpc) is 3.97. The molecule has 2 aliphatic carbocycles. The summed E-state index contributed by atoms with van der Waals surface area (Å²) < 4.78 is 48.8. The van der Waals surface area contributed by atoms with Crippen molar-refractivity contribution in [3.8, 4) is 22.3 Å². The summed E-state index contributed by atoms with van der Waals surface area (Å²) in [5, 5.41) is 1.19. The van der Waals surface area contributed by atoms with E-state index in [1.165, 1.54) is 44.5 Å². The van der Waals surface area contributed by atoms with Gasteiger partial charge in [0.05, 0.1) is 43.4 Å². The van der Waals surface area contributed by atoms with Crippen LogP contribution in [0.1, 0.15) is 44.5 Å². The average molecular weight is 999 g/mol. The maximum absolute atomic E-state index is 16.7. The molecule has 5 aliphatic rings. The monoisotopic (exact) mass is 998 g/mol. The van der Waals surface area contributed by atoms with Gasteiger partial charge in [0.1, 0.15) is 0 Å². The van der Waals surface area contributed by atoms with E-state index in [1.807, 2.05) is 54.6 Å². The second kappa shape index (κ2) is 15.1. The van der Waals surface area contributed by atoms with Crippen molar-refractivity contribution in [3.05, 3.63) is 305 Å². The molecule has 16 rings (SSSR count). The number of fused-ring (bicyclic) bond motifs is 20. The lowest BCUT2D eigenvalue weighted by Gasteiger charge is -2.45. The smallest absolute Gasteiger partial charge is 0.208 e. The Morgan fingerprint density at radius 3 is 0.920 bits per heavy atom. The summed E-state index contributed by atoms with van der Waals surface area (Å²) >= 11 is 0. The zero-order valence-electron chi connectivity index (χ0n) is 40.3. The molecule has 3 aliphatic heterocycles. The van der Waals surface area contributed by atoms with Gasteiger partial charge in [-0.1, -0.05) is 200 Å². The molecule has 0 amide bonds. The number of nitrogens with zero attached hydrogens (tertiary/aromatic N) is 2. The fourth-order valence-corrected chi connectivity index (χ4v) is 19.8. The van der Waals surface area contributed by atoms with Crippen LogP contribution in [-0.4, -0.2) is 8.42 Å². The molecule has 75 heavy (non-hydrogen) atoms. The van der Waals surface area contributed by atoms with E-state index in [9.17, 15) is 0 Å². The lowest BCUT2D eigenvalue weighted by molar-refractivity contribution is 0.585. The highest BCUT2D eigenvalue weighted by atomic mass is 32.2. The van der Waals surface area contributed by atoms with Crippen molar-refractivity contribution in [2.45, 2.75) is 20.6 Å². The third-order valence-corrected chi connectivity index (χ3v) is 22.2. The van der Waals surface area contributed by atoms with E-state index in [0.717, 1.165) is 45.0 Å². The molecule has 3 heterocycles. The number of hydrogen-bond donors (Lipinski definition) is 0. The fourth-order valence-electron chi connectivity index (χ4n) is 14.1. The molecule has 0 fully saturated rings. The summed E-state index contributed by atoms with van der Waals surface area (Å²) in [6, 6.07) is 89.4. The van der Waals surface area contributed by atoms with Crippen LogP contribution in [0.5, 0.6) is 0 Å². The van der Waals surface area contributed by atoms with Crippen LogP contribution in [0.3, 0.4) is 0 Å². The van der Waals surface area contributed by atoms with Crippen molar-refractivity contribution in [2.24, 2.45) is 0 Å². The zero-order chi connectivity index (χ0) is 49.8. The van der Waals surface area contributed by atoms with Gasteiger partial charge in [-0.2, -0.15) is 0 Å². The highest BCUT2D eigenvalue weighted by molar-refractivity contribution is 7.96. The van der Waals surface area contributed by atoms with Crippen molar-refractivity contribution < 1.29 is 13.0 Å². The van der Waals surface area contributed by atoms with E-state index in [0.29, 0.717) is 27.3 Å². The van der Waals surface area contributed by atoms with Crippen molar-refractivity contribution in [1.29, 1.82) is 0 Å². The van der Waals surface area contributed by atoms with E-state index >= 15 is 13.0 Å².